The van der Waals surface area contributed by atoms with Gasteiger partial charge in [0.2, 0.25) is 5.96 Å². The van der Waals surface area contributed by atoms with Gasteiger partial charge in [0.25, 0.3) is 11.8 Å². The normalized spacial score (nSPS) is 16.9. The first kappa shape index (κ1) is 26.0. The van der Waals surface area contributed by atoms with Crippen LogP contribution < -0.4 is 14.8 Å². The average molecular weight is 483 g/mol. The Bertz CT molecular complexity index is 1060. The van der Waals surface area contributed by atoms with E-state index in [4.69, 9.17) is 14.2 Å². The number of nitrogens with one attached hydrogen (secondary N) is 1. The van der Waals surface area contributed by atoms with Crippen LogP contribution in [0.3, 0.4) is 0 Å². The summed E-state index contributed by atoms with van der Waals surface area (Å²) in [4.78, 5) is 33.2. The van der Waals surface area contributed by atoms with Gasteiger partial charge in [0.05, 0.1) is 33.0 Å². The molecule has 1 N–H and O–H groups in total. The highest BCUT2D eigenvalue weighted by atomic mass is 16.5. The lowest BCUT2D eigenvalue weighted by Gasteiger charge is -2.22. The third-order valence-corrected chi connectivity index (χ3v) is 5.71. The number of aliphatic imine (C=N–C) groups is 1. The Hall–Kier alpha value is -3.59. The van der Waals surface area contributed by atoms with Crippen molar-refractivity contribution in [1.29, 1.82) is 0 Å². The van der Waals surface area contributed by atoms with Gasteiger partial charge in [-0.15, -0.1) is 0 Å². The summed E-state index contributed by atoms with van der Waals surface area (Å²) in [6.07, 6.45) is 0. The fourth-order valence-electron chi connectivity index (χ4n) is 3.99. The van der Waals surface area contributed by atoms with Crippen LogP contribution in [-0.2, 0) is 4.74 Å². The van der Waals surface area contributed by atoms with Gasteiger partial charge in [0.15, 0.2) is 11.5 Å². The third-order valence-electron chi connectivity index (χ3n) is 5.71. The van der Waals surface area contributed by atoms with Crippen LogP contribution in [0.2, 0.25) is 0 Å². The van der Waals surface area contributed by atoms with Crippen LogP contribution in [0.4, 0.5) is 0 Å². The van der Waals surface area contributed by atoms with Crippen molar-refractivity contribution in [3.8, 4) is 11.5 Å². The molecule has 0 radical (unpaired) electrons. The molecule has 2 aromatic carbocycles. The predicted molar refractivity (Wildman–Crippen MR) is 135 cm³/mol. The van der Waals surface area contributed by atoms with E-state index in [2.05, 4.69) is 10.3 Å². The van der Waals surface area contributed by atoms with Gasteiger partial charge in [0, 0.05) is 45.2 Å². The molecule has 2 amide bonds. The number of carbonyl (C=O) groups is 2. The molecule has 0 spiro atoms. The number of carbonyl (C=O) groups excluding carboxylic acids is 2. The van der Waals surface area contributed by atoms with Crippen molar-refractivity contribution in [3.63, 3.8) is 0 Å². The largest absolute Gasteiger partial charge is 0.493 e. The van der Waals surface area contributed by atoms with Gasteiger partial charge in [-0.25, -0.2) is 0 Å². The highest BCUT2D eigenvalue weighted by Gasteiger charge is 2.32. The van der Waals surface area contributed by atoms with Crippen molar-refractivity contribution in [3.05, 3.63) is 59.2 Å². The Morgan fingerprint density at radius 3 is 2.26 bits per heavy atom. The zero-order chi connectivity index (χ0) is 25.5. The van der Waals surface area contributed by atoms with E-state index in [0.717, 1.165) is 5.56 Å². The lowest BCUT2D eigenvalue weighted by atomic mass is 9.93. The number of amides is 2. The van der Waals surface area contributed by atoms with Gasteiger partial charge < -0.3 is 29.3 Å². The number of methoxy groups -OCH3 is 1. The zero-order valence-corrected chi connectivity index (χ0v) is 21.2. The minimum atomic E-state index is -0.372. The molecule has 0 aromatic heterocycles. The molecule has 3 rings (SSSR count). The van der Waals surface area contributed by atoms with E-state index in [1.807, 2.05) is 53.3 Å². The number of nitrogens with zero attached hydrogens (tertiary/aromatic N) is 3. The number of rotatable bonds is 7. The number of guanidine groups is 1. The lowest BCUT2D eigenvalue weighted by Crippen LogP contribution is -2.39. The predicted octanol–water partition coefficient (Wildman–Crippen LogP) is 2.63. The summed E-state index contributed by atoms with van der Waals surface area (Å²) >= 11 is 0. The molecule has 0 bridgehead atoms. The lowest BCUT2D eigenvalue weighted by molar-refractivity contribution is 0.0926. The molecule has 2 atom stereocenters. The topological polar surface area (TPSA) is 92.7 Å². The summed E-state index contributed by atoms with van der Waals surface area (Å²) < 4.78 is 16.8. The van der Waals surface area contributed by atoms with E-state index < -0.39 is 0 Å². The summed E-state index contributed by atoms with van der Waals surface area (Å²) in [7, 11) is 8.90. The molecule has 1 aliphatic rings. The quantitative estimate of drug-likeness (QED) is 0.479. The van der Waals surface area contributed by atoms with E-state index in [0.29, 0.717) is 48.4 Å². The van der Waals surface area contributed by atoms with E-state index in [1.165, 1.54) is 0 Å². The first-order valence-electron chi connectivity index (χ1n) is 11.5. The van der Waals surface area contributed by atoms with Crippen molar-refractivity contribution < 1.29 is 23.8 Å². The van der Waals surface area contributed by atoms with E-state index in [1.54, 1.807) is 41.2 Å². The number of benzene rings is 2. The van der Waals surface area contributed by atoms with Crippen LogP contribution in [-0.4, -0.2) is 88.7 Å². The molecule has 35 heavy (non-hydrogen) atoms. The average Bonchev–Trinajstić information content (AvgIpc) is 3.30. The summed E-state index contributed by atoms with van der Waals surface area (Å²) in [6.45, 7) is 3.35. The van der Waals surface area contributed by atoms with Gasteiger partial charge in [-0.2, -0.15) is 4.99 Å². The highest BCUT2D eigenvalue weighted by molar-refractivity contribution is 6.03. The molecular formula is C26H34N4O5. The summed E-state index contributed by atoms with van der Waals surface area (Å²) in [6, 6.07) is 12.1. The fraction of sp³-hybridized carbons (Fsp3) is 0.423. The standard InChI is InChI=1S/C26H34N4O5/c1-7-35-23-14-19(12-13-22(23)33-6)20-15-34-16-21(20)27-24(31)17-8-10-18(11-9-17)25(32)28-26(29(2)3)30(4)5/h8-14,20-21H,7,15-16H2,1-6H3,(H,27,31)/t20-,21-/m1/s1. The fourth-order valence-corrected chi connectivity index (χ4v) is 3.99. The molecule has 0 unspecified atom stereocenters. The molecule has 1 saturated heterocycles. The molecule has 9 nitrogen and oxygen atoms in total. The highest BCUT2D eigenvalue weighted by Crippen LogP contribution is 2.34. The van der Waals surface area contributed by atoms with Crippen molar-refractivity contribution in [1.82, 2.24) is 15.1 Å². The first-order valence-corrected chi connectivity index (χ1v) is 11.5. The molecule has 1 aliphatic heterocycles. The Kier molecular flexibility index (Phi) is 8.70. The maximum atomic E-state index is 12.9. The summed E-state index contributed by atoms with van der Waals surface area (Å²) in [5.41, 5.74) is 1.88. The second-order valence-electron chi connectivity index (χ2n) is 8.65. The third kappa shape index (κ3) is 6.30. The molecule has 2 aromatic rings. The zero-order valence-electron chi connectivity index (χ0n) is 21.2. The summed E-state index contributed by atoms with van der Waals surface area (Å²) in [5, 5.41) is 3.07. The smallest absolute Gasteiger partial charge is 0.280 e. The van der Waals surface area contributed by atoms with Crippen molar-refractivity contribution in [2.75, 3.05) is 55.1 Å². The SMILES string of the molecule is CCOc1cc([C@H]2COC[C@H]2NC(=O)c2ccc(C(=O)N=C(N(C)C)N(C)C)cc2)ccc1OC. The Balaban J connectivity index is 1.71. The molecule has 0 saturated carbocycles. The maximum Gasteiger partial charge on any atom is 0.280 e. The Morgan fingerprint density at radius 1 is 1.00 bits per heavy atom. The molecule has 188 valence electrons. The van der Waals surface area contributed by atoms with Gasteiger partial charge >= 0.3 is 0 Å². The van der Waals surface area contributed by atoms with Crippen LogP contribution in [0.15, 0.2) is 47.5 Å². The van der Waals surface area contributed by atoms with E-state index in [-0.39, 0.29) is 23.8 Å². The summed E-state index contributed by atoms with van der Waals surface area (Å²) in [5.74, 6) is 1.25. The number of hydrogen-bond donors (Lipinski definition) is 1. The van der Waals surface area contributed by atoms with Gasteiger partial charge in [-0.05, 0) is 48.9 Å². The Labute approximate surface area is 206 Å². The van der Waals surface area contributed by atoms with Gasteiger partial charge in [0.1, 0.15) is 0 Å². The molecule has 9 heteroatoms. The van der Waals surface area contributed by atoms with Gasteiger partial charge in [-0.1, -0.05) is 6.07 Å². The molecular weight excluding hydrogens is 448 g/mol. The molecule has 1 heterocycles. The van der Waals surface area contributed by atoms with E-state index in [9.17, 15) is 9.59 Å². The second-order valence-corrected chi connectivity index (χ2v) is 8.65. The van der Waals surface area contributed by atoms with E-state index >= 15 is 0 Å². The van der Waals surface area contributed by atoms with Gasteiger partial charge in [-0.3, -0.25) is 9.59 Å². The first-order chi connectivity index (χ1) is 16.7. The maximum absolute atomic E-state index is 12.9. The van der Waals surface area contributed by atoms with Crippen LogP contribution in [0, 0.1) is 0 Å². The number of ether oxygens (including phenoxy) is 3. The monoisotopic (exact) mass is 482 g/mol. The van der Waals surface area contributed by atoms with Crippen LogP contribution >= 0.6 is 0 Å². The number of hydrogen-bond acceptors (Lipinski definition) is 5. The Morgan fingerprint density at radius 2 is 1.66 bits per heavy atom. The minimum absolute atomic E-state index is 0.0188. The van der Waals surface area contributed by atoms with Crippen molar-refractivity contribution in [2.24, 2.45) is 4.99 Å². The second kappa shape index (κ2) is 11.7. The van der Waals surface area contributed by atoms with Crippen molar-refractivity contribution >= 4 is 17.8 Å². The van der Waals surface area contributed by atoms with Crippen LogP contribution in [0.1, 0.15) is 39.1 Å². The minimum Gasteiger partial charge on any atom is -0.493 e. The van der Waals surface area contributed by atoms with Crippen LogP contribution in [0.5, 0.6) is 11.5 Å². The molecule has 1 fully saturated rings. The van der Waals surface area contributed by atoms with Crippen molar-refractivity contribution in [2.45, 2.75) is 18.9 Å². The van der Waals surface area contributed by atoms with Crippen LogP contribution in [0.25, 0.3) is 0 Å². The molecule has 0 aliphatic carbocycles.